The van der Waals surface area contributed by atoms with Crippen molar-refractivity contribution in [3.63, 3.8) is 0 Å². The molecule has 0 aliphatic rings. The van der Waals surface area contributed by atoms with Crippen LogP contribution in [0.2, 0.25) is 5.02 Å². The molecule has 21 heavy (non-hydrogen) atoms. The minimum absolute atomic E-state index is 0.383. The number of anilines is 1. The van der Waals surface area contributed by atoms with E-state index in [1.165, 1.54) is 5.69 Å². The molecule has 0 fully saturated rings. The summed E-state index contributed by atoms with van der Waals surface area (Å²) < 4.78 is 5.53. The zero-order valence-corrected chi connectivity index (χ0v) is 12.8. The van der Waals surface area contributed by atoms with Gasteiger partial charge in [-0.1, -0.05) is 41.6 Å². The summed E-state index contributed by atoms with van der Waals surface area (Å²) in [6, 6.07) is 17.6. The zero-order chi connectivity index (χ0) is 14.9. The van der Waals surface area contributed by atoms with E-state index < -0.39 is 0 Å². The summed E-state index contributed by atoms with van der Waals surface area (Å²) in [7, 11) is 0. The maximum Gasteiger partial charge on any atom is 0.149 e. The number of halogens is 1. The Labute approximate surface area is 131 Å². The second-order valence-corrected chi connectivity index (χ2v) is 4.88. The van der Waals surface area contributed by atoms with Crippen molar-refractivity contribution in [2.24, 2.45) is 0 Å². The predicted octanol–water partition coefficient (Wildman–Crippen LogP) is 4.25. The molecule has 0 bridgehead atoms. The average molecular weight is 300 g/mol. The van der Waals surface area contributed by atoms with Crippen molar-refractivity contribution in [3.8, 4) is 17.6 Å². The molecule has 0 unspecified atom stereocenters. The maximum absolute atomic E-state index is 5.82. The Morgan fingerprint density at radius 3 is 2.38 bits per heavy atom. The Kier molecular flexibility index (Phi) is 5.99. The van der Waals surface area contributed by atoms with Crippen molar-refractivity contribution in [3.05, 3.63) is 59.6 Å². The van der Waals surface area contributed by atoms with Gasteiger partial charge in [0, 0.05) is 17.3 Å². The highest BCUT2D eigenvalue weighted by atomic mass is 35.5. The molecule has 0 saturated heterocycles. The van der Waals surface area contributed by atoms with E-state index in [1.54, 1.807) is 12.1 Å². The van der Waals surface area contributed by atoms with E-state index in [0.29, 0.717) is 18.2 Å². The van der Waals surface area contributed by atoms with Gasteiger partial charge in [0.1, 0.15) is 12.4 Å². The molecule has 0 aromatic heterocycles. The summed E-state index contributed by atoms with van der Waals surface area (Å²) in [5, 5.41) is 0.704. The molecule has 2 aromatic carbocycles. The van der Waals surface area contributed by atoms with Crippen LogP contribution in [-0.2, 0) is 0 Å². The number of hydrogen-bond acceptors (Lipinski definition) is 2. The van der Waals surface area contributed by atoms with Gasteiger partial charge in [-0.3, -0.25) is 0 Å². The molecule has 0 saturated carbocycles. The van der Waals surface area contributed by atoms with Crippen LogP contribution in [0.5, 0.6) is 5.75 Å². The van der Waals surface area contributed by atoms with Gasteiger partial charge in [0.25, 0.3) is 0 Å². The van der Waals surface area contributed by atoms with Crippen molar-refractivity contribution in [2.45, 2.75) is 6.92 Å². The van der Waals surface area contributed by atoms with E-state index in [2.05, 4.69) is 35.8 Å². The average Bonchev–Trinajstić information content (AvgIpc) is 2.53. The molecule has 2 rings (SSSR count). The summed E-state index contributed by atoms with van der Waals surface area (Å²) in [6.45, 7) is 4.13. The van der Waals surface area contributed by atoms with Gasteiger partial charge >= 0.3 is 0 Å². The van der Waals surface area contributed by atoms with Crippen LogP contribution in [0.25, 0.3) is 0 Å². The van der Waals surface area contributed by atoms with Crippen LogP contribution in [0.15, 0.2) is 54.6 Å². The number of benzene rings is 2. The van der Waals surface area contributed by atoms with Gasteiger partial charge in [0.2, 0.25) is 0 Å². The number of hydrogen-bond donors (Lipinski definition) is 0. The summed E-state index contributed by atoms with van der Waals surface area (Å²) in [6.07, 6.45) is 0. The predicted molar refractivity (Wildman–Crippen MR) is 89.1 cm³/mol. The van der Waals surface area contributed by atoms with Crippen LogP contribution in [0.3, 0.4) is 0 Å². The fraction of sp³-hybridized carbons (Fsp3) is 0.222. The fourth-order valence-corrected chi connectivity index (χ4v) is 2.00. The van der Waals surface area contributed by atoms with E-state index in [-0.39, 0.29) is 0 Å². The third-order valence-electron chi connectivity index (χ3n) is 3.02. The van der Waals surface area contributed by atoms with Crippen LogP contribution in [0.1, 0.15) is 6.92 Å². The first-order valence-electron chi connectivity index (χ1n) is 6.93. The third kappa shape index (κ3) is 5.06. The molecular weight excluding hydrogens is 282 g/mol. The molecule has 0 aliphatic heterocycles. The molecule has 0 N–H and O–H groups in total. The Morgan fingerprint density at radius 1 is 1.00 bits per heavy atom. The minimum atomic E-state index is 0.383. The molecule has 0 amide bonds. The monoisotopic (exact) mass is 299 g/mol. The van der Waals surface area contributed by atoms with Crippen molar-refractivity contribution >= 4 is 17.3 Å². The quantitative estimate of drug-likeness (QED) is 0.765. The molecule has 2 nitrogen and oxygen atoms in total. The lowest BCUT2D eigenvalue weighted by atomic mass is 10.3. The van der Waals surface area contributed by atoms with E-state index in [9.17, 15) is 0 Å². The largest absolute Gasteiger partial charge is 0.481 e. The first-order chi connectivity index (χ1) is 10.3. The lowest BCUT2D eigenvalue weighted by Gasteiger charge is -2.19. The van der Waals surface area contributed by atoms with Gasteiger partial charge in [-0.05, 0) is 43.3 Å². The topological polar surface area (TPSA) is 12.5 Å². The second kappa shape index (κ2) is 8.24. The molecule has 3 heteroatoms. The molecule has 0 atom stereocenters. The molecule has 0 spiro atoms. The SMILES string of the molecule is CCN(CC#CCOc1ccc(Cl)cc1)c1ccccc1. The third-order valence-corrected chi connectivity index (χ3v) is 3.27. The molecule has 108 valence electrons. The molecular formula is C18H18ClNO. The van der Waals surface area contributed by atoms with Crippen molar-refractivity contribution in [1.82, 2.24) is 0 Å². The van der Waals surface area contributed by atoms with Gasteiger partial charge in [0.05, 0.1) is 6.54 Å². The molecule has 2 aromatic rings. The number of nitrogens with zero attached hydrogens (tertiary/aromatic N) is 1. The van der Waals surface area contributed by atoms with Gasteiger partial charge < -0.3 is 9.64 Å². The van der Waals surface area contributed by atoms with Gasteiger partial charge in [-0.25, -0.2) is 0 Å². The van der Waals surface area contributed by atoms with Crippen LogP contribution < -0.4 is 9.64 Å². The number of para-hydroxylation sites is 1. The van der Waals surface area contributed by atoms with E-state index >= 15 is 0 Å². The van der Waals surface area contributed by atoms with Crippen molar-refractivity contribution < 1.29 is 4.74 Å². The van der Waals surface area contributed by atoms with Gasteiger partial charge in [-0.2, -0.15) is 0 Å². The van der Waals surface area contributed by atoms with E-state index in [4.69, 9.17) is 16.3 Å². The van der Waals surface area contributed by atoms with Crippen LogP contribution >= 0.6 is 11.6 Å². The maximum atomic E-state index is 5.82. The van der Waals surface area contributed by atoms with Crippen molar-refractivity contribution in [1.29, 1.82) is 0 Å². The highest BCUT2D eigenvalue weighted by Crippen LogP contribution is 2.15. The molecule has 0 radical (unpaired) electrons. The first kappa shape index (κ1) is 15.3. The smallest absolute Gasteiger partial charge is 0.149 e. The molecule has 0 aliphatic carbocycles. The summed E-state index contributed by atoms with van der Waals surface area (Å²) in [4.78, 5) is 2.22. The number of rotatable bonds is 5. The van der Waals surface area contributed by atoms with E-state index in [1.807, 2.05) is 30.3 Å². The Bertz CT molecular complexity index is 599. The first-order valence-corrected chi connectivity index (χ1v) is 7.31. The van der Waals surface area contributed by atoms with Crippen molar-refractivity contribution in [2.75, 3.05) is 24.6 Å². The lowest BCUT2D eigenvalue weighted by molar-refractivity contribution is 0.370. The Balaban J connectivity index is 1.81. The zero-order valence-electron chi connectivity index (χ0n) is 12.1. The molecule has 0 heterocycles. The lowest BCUT2D eigenvalue weighted by Crippen LogP contribution is -2.22. The normalized spacial score (nSPS) is 9.62. The summed E-state index contributed by atoms with van der Waals surface area (Å²) in [5.41, 5.74) is 1.19. The fourth-order valence-electron chi connectivity index (χ4n) is 1.88. The Morgan fingerprint density at radius 2 is 1.71 bits per heavy atom. The van der Waals surface area contributed by atoms with Gasteiger partial charge in [-0.15, -0.1) is 0 Å². The summed E-state index contributed by atoms with van der Waals surface area (Å²) in [5.74, 6) is 6.96. The van der Waals surface area contributed by atoms with Gasteiger partial charge in [0.15, 0.2) is 0 Å². The highest BCUT2D eigenvalue weighted by molar-refractivity contribution is 6.30. The second-order valence-electron chi connectivity index (χ2n) is 4.45. The standard InChI is InChI=1S/C18H18ClNO/c1-2-20(17-8-4-3-5-9-17)14-6-7-15-21-18-12-10-16(19)11-13-18/h3-5,8-13H,2,14-15H2,1H3. The summed E-state index contributed by atoms with van der Waals surface area (Å²) >= 11 is 5.82. The number of ether oxygens (including phenoxy) is 1. The van der Waals surface area contributed by atoms with Crippen LogP contribution in [-0.4, -0.2) is 19.7 Å². The highest BCUT2D eigenvalue weighted by Gasteiger charge is 1.99. The Hall–Kier alpha value is -2.11. The van der Waals surface area contributed by atoms with Crippen LogP contribution in [0.4, 0.5) is 5.69 Å². The minimum Gasteiger partial charge on any atom is -0.481 e. The van der Waals surface area contributed by atoms with Crippen LogP contribution in [0, 0.1) is 11.8 Å². The van der Waals surface area contributed by atoms with E-state index in [0.717, 1.165) is 12.3 Å².